The number of likely N-dealkylation sites (tertiary alicyclic amines) is 1. The van der Waals surface area contributed by atoms with E-state index in [0.717, 1.165) is 6.54 Å². The van der Waals surface area contributed by atoms with Crippen molar-refractivity contribution < 1.29 is 0 Å². The highest BCUT2D eigenvalue weighted by Crippen LogP contribution is 2.35. The van der Waals surface area contributed by atoms with Gasteiger partial charge in [0, 0.05) is 22.3 Å². The van der Waals surface area contributed by atoms with Crippen LogP contribution < -0.4 is 5.73 Å². The first-order valence-corrected chi connectivity index (χ1v) is 8.26. The van der Waals surface area contributed by atoms with Gasteiger partial charge in [-0.3, -0.25) is 4.90 Å². The molecular formula is C16H28N2S. The molecule has 1 aliphatic heterocycles. The van der Waals surface area contributed by atoms with Crippen molar-refractivity contribution in [1.29, 1.82) is 0 Å². The fraction of sp³-hybridized carbons (Fsp3) is 0.750. The number of nitrogens with two attached hydrogens (primary N) is 1. The first kappa shape index (κ1) is 15.0. The van der Waals surface area contributed by atoms with Crippen molar-refractivity contribution in [2.45, 2.75) is 53.0 Å². The molecule has 1 atom stereocenters. The van der Waals surface area contributed by atoms with E-state index < -0.39 is 0 Å². The fourth-order valence-electron chi connectivity index (χ4n) is 3.21. The fourth-order valence-corrected chi connectivity index (χ4v) is 4.19. The smallest absolute Gasteiger partial charge is 0.0481 e. The van der Waals surface area contributed by atoms with E-state index in [2.05, 4.69) is 38.7 Å². The lowest BCUT2D eigenvalue weighted by atomic mass is 9.85. The molecule has 1 aromatic heterocycles. The maximum atomic E-state index is 6.10. The van der Waals surface area contributed by atoms with Gasteiger partial charge in [0.25, 0.3) is 0 Å². The van der Waals surface area contributed by atoms with Crippen LogP contribution in [0.25, 0.3) is 0 Å². The molecule has 1 saturated heterocycles. The molecule has 1 aliphatic rings. The Bertz CT molecular complexity index is 422. The summed E-state index contributed by atoms with van der Waals surface area (Å²) in [6.07, 6.45) is 3.92. The van der Waals surface area contributed by atoms with E-state index in [-0.39, 0.29) is 0 Å². The standard InChI is InChI=1S/C16H28N2S/c1-12-10-14(13(2)19-12)15(11-17)18-8-5-6-16(3,4)7-9-18/h10,15H,5-9,11,17H2,1-4H3. The number of rotatable bonds is 3. The normalized spacial score (nSPS) is 22.2. The second kappa shape index (κ2) is 5.94. The maximum absolute atomic E-state index is 6.10. The molecule has 2 rings (SSSR count). The van der Waals surface area contributed by atoms with E-state index in [1.54, 1.807) is 0 Å². The van der Waals surface area contributed by atoms with Gasteiger partial charge in [-0.05, 0) is 63.2 Å². The summed E-state index contributed by atoms with van der Waals surface area (Å²) in [5, 5.41) is 0. The molecule has 1 aromatic rings. The monoisotopic (exact) mass is 280 g/mol. The van der Waals surface area contributed by atoms with E-state index in [1.165, 1.54) is 47.7 Å². The van der Waals surface area contributed by atoms with Crippen LogP contribution in [0.15, 0.2) is 6.07 Å². The molecule has 1 fully saturated rings. The number of thiophene rings is 1. The van der Waals surface area contributed by atoms with Gasteiger partial charge >= 0.3 is 0 Å². The second-order valence-corrected chi connectivity index (χ2v) is 8.13. The van der Waals surface area contributed by atoms with Gasteiger partial charge in [0.1, 0.15) is 0 Å². The summed E-state index contributed by atoms with van der Waals surface area (Å²) in [7, 11) is 0. The zero-order chi connectivity index (χ0) is 14.0. The summed E-state index contributed by atoms with van der Waals surface area (Å²) in [5.41, 5.74) is 8.05. The van der Waals surface area contributed by atoms with Crippen molar-refractivity contribution >= 4 is 11.3 Å². The Morgan fingerprint density at radius 2 is 2.05 bits per heavy atom. The van der Waals surface area contributed by atoms with Crippen LogP contribution in [0.5, 0.6) is 0 Å². The zero-order valence-corrected chi connectivity index (χ0v) is 13.6. The molecule has 0 bridgehead atoms. The Morgan fingerprint density at radius 1 is 1.32 bits per heavy atom. The molecule has 2 nitrogen and oxygen atoms in total. The summed E-state index contributed by atoms with van der Waals surface area (Å²) >= 11 is 1.90. The van der Waals surface area contributed by atoms with Crippen molar-refractivity contribution in [3.05, 3.63) is 21.4 Å². The molecule has 2 N–H and O–H groups in total. The minimum absolute atomic E-state index is 0.416. The Kier molecular flexibility index (Phi) is 4.70. The van der Waals surface area contributed by atoms with Crippen LogP contribution in [0.3, 0.4) is 0 Å². The van der Waals surface area contributed by atoms with Gasteiger partial charge in [0.15, 0.2) is 0 Å². The summed E-state index contributed by atoms with van der Waals surface area (Å²) in [6.45, 7) is 12.3. The molecule has 19 heavy (non-hydrogen) atoms. The lowest BCUT2D eigenvalue weighted by Crippen LogP contribution is -2.35. The topological polar surface area (TPSA) is 29.3 Å². The van der Waals surface area contributed by atoms with E-state index >= 15 is 0 Å². The van der Waals surface area contributed by atoms with Crippen LogP contribution in [-0.4, -0.2) is 24.5 Å². The van der Waals surface area contributed by atoms with Crippen molar-refractivity contribution in [3.63, 3.8) is 0 Å². The predicted octanol–water partition coefficient (Wildman–Crippen LogP) is 3.88. The third kappa shape index (κ3) is 3.59. The van der Waals surface area contributed by atoms with Gasteiger partial charge < -0.3 is 5.73 Å². The van der Waals surface area contributed by atoms with E-state index in [0.29, 0.717) is 11.5 Å². The second-order valence-electron chi connectivity index (χ2n) is 6.67. The number of nitrogens with zero attached hydrogens (tertiary/aromatic N) is 1. The van der Waals surface area contributed by atoms with Crippen molar-refractivity contribution in [1.82, 2.24) is 4.90 Å². The highest BCUT2D eigenvalue weighted by molar-refractivity contribution is 7.12. The molecule has 0 radical (unpaired) electrons. The van der Waals surface area contributed by atoms with Crippen LogP contribution in [0.1, 0.15) is 54.5 Å². The van der Waals surface area contributed by atoms with Gasteiger partial charge in [-0.1, -0.05) is 13.8 Å². The molecule has 2 heterocycles. The van der Waals surface area contributed by atoms with Gasteiger partial charge in [0.2, 0.25) is 0 Å². The van der Waals surface area contributed by atoms with Crippen molar-refractivity contribution in [2.75, 3.05) is 19.6 Å². The van der Waals surface area contributed by atoms with Crippen molar-refractivity contribution in [2.24, 2.45) is 11.1 Å². The van der Waals surface area contributed by atoms with Crippen LogP contribution in [0.2, 0.25) is 0 Å². The molecule has 108 valence electrons. The predicted molar refractivity (Wildman–Crippen MR) is 84.8 cm³/mol. The Hall–Kier alpha value is -0.380. The van der Waals surface area contributed by atoms with Crippen molar-refractivity contribution in [3.8, 4) is 0 Å². The van der Waals surface area contributed by atoms with Crippen LogP contribution in [0.4, 0.5) is 0 Å². The van der Waals surface area contributed by atoms with E-state index in [1.807, 2.05) is 11.3 Å². The first-order valence-electron chi connectivity index (χ1n) is 7.44. The van der Waals surface area contributed by atoms with Crippen LogP contribution >= 0.6 is 11.3 Å². The minimum atomic E-state index is 0.416. The third-order valence-corrected chi connectivity index (χ3v) is 5.46. The molecule has 0 saturated carbocycles. The molecule has 0 spiro atoms. The summed E-state index contributed by atoms with van der Waals surface area (Å²) < 4.78 is 0. The Balaban J connectivity index is 2.16. The number of aryl methyl sites for hydroxylation is 2. The minimum Gasteiger partial charge on any atom is -0.329 e. The van der Waals surface area contributed by atoms with Gasteiger partial charge in [0.05, 0.1) is 0 Å². The molecule has 1 unspecified atom stereocenters. The molecule has 0 aliphatic carbocycles. The lowest BCUT2D eigenvalue weighted by molar-refractivity contribution is 0.200. The largest absolute Gasteiger partial charge is 0.329 e. The average Bonchev–Trinajstić information content (AvgIpc) is 2.55. The third-order valence-electron chi connectivity index (χ3n) is 4.48. The van der Waals surface area contributed by atoms with Crippen LogP contribution in [-0.2, 0) is 0 Å². The van der Waals surface area contributed by atoms with Crippen LogP contribution in [0, 0.1) is 19.3 Å². The summed E-state index contributed by atoms with van der Waals surface area (Å²) in [4.78, 5) is 5.46. The molecule has 0 amide bonds. The molecular weight excluding hydrogens is 252 g/mol. The SMILES string of the molecule is Cc1cc(C(CN)N2CCCC(C)(C)CC2)c(C)s1. The number of hydrogen-bond donors (Lipinski definition) is 1. The van der Waals surface area contributed by atoms with Gasteiger partial charge in [-0.2, -0.15) is 0 Å². The maximum Gasteiger partial charge on any atom is 0.0481 e. The quantitative estimate of drug-likeness (QED) is 0.910. The first-order chi connectivity index (χ1) is 8.93. The Labute approximate surface area is 122 Å². The highest BCUT2D eigenvalue weighted by Gasteiger charge is 2.28. The summed E-state index contributed by atoms with van der Waals surface area (Å²) in [6, 6.07) is 2.76. The van der Waals surface area contributed by atoms with E-state index in [9.17, 15) is 0 Å². The summed E-state index contributed by atoms with van der Waals surface area (Å²) in [5.74, 6) is 0. The van der Waals surface area contributed by atoms with Gasteiger partial charge in [-0.15, -0.1) is 11.3 Å². The number of hydrogen-bond acceptors (Lipinski definition) is 3. The highest BCUT2D eigenvalue weighted by atomic mass is 32.1. The van der Waals surface area contributed by atoms with Gasteiger partial charge in [-0.25, -0.2) is 0 Å². The Morgan fingerprint density at radius 3 is 2.63 bits per heavy atom. The van der Waals surface area contributed by atoms with E-state index in [4.69, 9.17) is 5.73 Å². The average molecular weight is 280 g/mol. The molecule has 0 aromatic carbocycles. The molecule has 3 heteroatoms. The zero-order valence-electron chi connectivity index (χ0n) is 12.8. The lowest BCUT2D eigenvalue weighted by Gasteiger charge is -2.30.